The molecule has 1 spiro atoms. The summed E-state index contributed by atoms with van der Waals surface area (Å²) in [7, 11) is -1.13. The maximum absolute atomic E-state index is 16.1. The van der Waals surface area contributed by atoms with Crippen molar-refractivity contribution < 1.29 is 45.0 Å². The molecule has 2 aromatic heterocycles. The Kier molecular flexibility index (Phi) is 11.6. The van der Waals surface area contributed by atoms with Crippen LogP contribution in [0.5, 0.6) is 11.5 Å². The lowest BCUT2D eigenvalue weighted by Gasteiger charge is -2.46. The van der Waals surface area contributed by atoms with Gasteiger partial charge in [-0.05, 0) is 93.1 Å². The van der Waals surface area contributed by atoms with Crippen LogP contribution in [-0.2, 0) is 26.8 Å². The van der Waals surface area contributed by atoms with Crippen molar-refractivity contribution in [1.29, 1.82) is 5.26 Å². The second-order valence-electron chi connectivity index (χ2n) is 17.4. The third-order valence-corrected chi connectivity index (χ3v) is 15.1. The van der Waals surface area contributed by atoms with Gasteiger partial charge in [-0.25, -0.2) is 27.3 Å². The third kappa shape index (κ3) is 8.11. The van der Waals surface area contributed by atoms with Crippen LogP contribution in [0.3, 0.4) is 0 Å². The second kappa shape index (κ2) is 16.9. The lowest BCUT2D eigenvalue weighted by atomic mass is 9.78. The highest BCUT2D eigenvalue weighted by atomic mass is 32.2. The number of halogens is 4. The number of carbonyl (C=O) groups excluding carboxylic acids is 2. The Morgan fingerprint density at radius 2 is 1.80 bits per heavy atom. The normalized spacial score (nSPS) is 23.7. The number of carbonyl (C=O) groups is 2. The van der Waals surface area contributed by atoms with Gasteiger partial charge in [-0.1, -0.05) is 6.92 Å². The Morgan fingerprint density at radius 3 is 2.52 bits per heavy atom. The Morgan fingerprint density at radius 1 is 1.03 bits per heavy atom. The number of nitrogens with one attached hydrogen (secondary N) is 2. The molecule has 2 N–H and O–H groups in total. The molecule has 1 aliphatic carbocycles. The van der Waals surface area contributed by atoms with Gasteiger partial charge in [-0.3, -0.25) is 38.7 Å². The van der Waals surface area contributed by atoms with Crippen LogP contribution < -0.4 is 25.2 Å². The van der Waals surface area contributed by atoms with Crippen molar-refractivity contribution >= 4 is 55.5 Å². The van der Waals surface area contributed by atoms with Crippen LogP contribution in [0, 0.1) is 23.0 Å². The van der Waals surface area contributed by atoms with Gasteiger partial charge in [-0.2, -0.15) is 23.1 Å². The highest BCUT2D eigenvalue weighted by molar-refractivity contribution is 7.90. The summed E-state index contributed by atoms with van der Waals surface area (Å²) in [4.78, 5) is 45.7. The van der Waals surface area contributed by atoms with Crippen LogP contribution in [0.1, 0.15) is 75.0 Å². The number of rotatable bonds is 10. The summed E-state index contributed by atoms with van der Waals surface area (Å²) in [6.45, 7) is 1.80. The molecule has 348 valence electrons. The van der Waals surface area contributed by atoms with Gasteiger partial charge in [0.1, 0.15) is 23.2 Å². The molecule has 9 rings (SSSR count). The van der Waals surface area contributed by atoms with E-state index >= 15 is 17.6 Å². The Labute approximate surface area is 376 Å². The second-order valence-corrected chi connectivity index (χ2v) is 19.2. The first-order valence-corrected chi connectivity index (χ1v) is 23.0. The standard InChI is InChI=1S/C44H46F4N10O7S/c1-4-54(2)66(62,63)53-36-8-6-33(45)39(31(36)21-49)65-27-5-7-35-29(17-27)41(60)58(24-50-35)26-20-43(64-22-26)13-9-25(10-14-43)56-15-11-32(44(47,48)23-56)28-19-37-30(18-34(28)46)40(52-55(37)3)57-16-12-38(59)51-42(57)61/h5-8,17-19,24-26,32,53H,4,9-16,20,22-23H2,1-3H3,(H,51,59,61)/t25?,26-,32?,43?/m1/s1. The van der Waals surface area contributed by atoms with E-state index in [2.05, 4.69) is 20.1 Å². The largest absolute Gasteiger partial charge is 0.453 e. The number of fused-ring (bicyclic) bond motifs is 2. The topological polar surface area (TPSA) is 197 Å². The van der Waals surface area contributed by atoms with Crippen molar-refractivity contribution in [3.63, 3.8) is 0 Å². The van der Waals surface area contributed by atoms with Crippen LogP contribution in [-0.4, -0.2) is 106 Å². The zero-order valence-electron chi connectivity index (χ0n) is 36.2. The first-order valence-electron chi connectivity index (χ1n) is 21.6. The molecular formula is C44H46F4N10O7S. The maximum atomic E-state index is 16.1. The molecule has 5 heterocycles. The maximum Gasteiger partial charge on any atom is 0.329 e. The molecule has 3 amide bonds. The number of ether oxygens (including phenoxy) is 2. The molecule has 0 radical (unpaired) electrons. The molecule has 22 heteroatoms. The van der Waals surface area contributed by atoms with Gasteiger partial charge in [0.25, 0.3) is 11.5 Å². The van der Waals surface area contributed by atoms with Gasteiger partial charge in [0.05, 0.1) is 59.1 Å². The highest BCUT2D eigenvalue weighted by Gasteiger charge is 2.50. The summed E-state index contributed by atoms with van der Waals surface area (Å²) in [6.07, 6.45) is 4.27. The number of alkyl halides is 2. The number of likely N-dealkylation sites (tertiary alicyclic amines) is 1. The van der Waals surface area contributed by atoms with Crippen LogP contribution in [0.2, 0.25) is 0 Å². The van der Waals surface area contributed by atoms with Crippen LogP contribution in [0.15, 0.2) is 53.6 Å². The molecule has 2 atom stereocenters. The number of aromatic nitrogens is 4. The van der Waals surface area contributed by atoms with Gasteiger partial charge in [0.2, 0.25) is 5.91 Å². The van der Waals surface area contributed by atoms with Gasteiger partial charge in [-0.15, -0.1) is 0 Å². The van der Waals surface area contributed by atoms with Crippen molar-refractivity contribution in [2.45, 2.75) is 81.4 Å². The van der Waals surface area contributed by atoms with Gasteiger partial charge >= 0.3 is 16.2 Å². The average Bonchev–Trinajstić information content (AvgIpc) is 3.83. The highest BCUT2D eigenvalue weighted by Crippen LogP contribution is 2.48. The van der Waals surface area contributed by atoms with Gasteiger partial charge in [0, 0.05) is 45.0 Å². The zero-order chi connectivity index (χ0) is 46.9. The van der Waals surface area contributed by atoms with Crippen LogP contribution in [0.4, 0.5) is 33.9 Å². The fourth-order valence-corrected chi connectivity index (χ4v) is 10.7. The van der Waals surface area contributed by atoms with E-state index in [1.54, 1.807) is 18.9 Å². The summed E-state index contributed by atoms with van der Waals surface area (Å²) in [5.41, 5.74) is -0.992. The molecule has 4 aliphatic rings. The van der Waals surface area contributed by atoms with E-state index in [0.717, 1.165) is 22.5 Å². The van der Waals surface area contributed by atoms with Crippen molar-refractivity contribution in [3.8, 4) is 17.6 Å². The fraction of sp³-hybridized carbons (Fsp3) is 0.455. The summed E-state index contributed by atoms with van der Waals surface area (Å²) < 4.78 is 107. The van der Waals surface area contributed by atoms with Crippen molar-refractivity contribution in [2.75, 3.05) is 49.5 Å². The number of hydrogen-bond donors (Lipinski definition) is 2. The van der Waals surface area contributed by atoms with Crippen molar-refractivity contribution in [3.05, 3.63) is 81.9 Å². The van der Waals surface area contributed by atoms with Crippen LogP contribution >= 0.6 is 0 Å². The number of nitriles is 1. The van der Waals surface area contributed by atoms with Gasteiger partial charge < -0.3 is 9.47 Å². The molecule has 3 aromatic carbocycles. The minimum atomic E-state index is -4.06. The number of nitrogens with zero attached hydrogens (tertiary/aromatic N) is 8. The number of anilines is 2. The number of urea groups is 1. The summed E-state index contributed by atoms with van der Waals surface area (Å²) >= 11 is 0. The molecule has 3 aliphatic heterocycles. The van der Waals surface area contributed by atoms with Crippen molar-refractivity contribution in [2.24, 2.45) is 7.05 Å². The summed E-state index contributed by atoms with van der Waals surface area (Å²) in [5.74, 6) is -7.22. The Hall–Kier alpha value is -6.15. The van der Waals surface area contributed by atoms with E-state index in [9.17, 15) is 28.1 Å². The number of aryl methyl sites for hydroxylation is 1. The first kappa shape index (κ1) is 45.0. The van der Waals surface area contributed by atoms with E-state index in [0.29, 0.717) is 49.7 Å². The van der Waals surface area contributed by atoms with Crippen molar-refractivity contribution in [1.82, 2.24) is 33.9 Å². The molecule has 1 saturated carbocycles. The predicted octanol–water partition coefficient (Wildman–Crippen LogP) is 6.05. The van der Waals surface area contributed by atoms with Crippen LogP contribution in [0.25, 0.3) is 21.8 Å². The quantitative estimate of drug-likeness (QED) is 0.155. The number of amides is 3. The Balaban J connectivity index is 0.857. The smallest absolute Gasteiger partial charge is 0.329 e. The number of imide groups is 1. The van der Waals surface area contributed by atoms with E-state index in [1.807, 2.05) is 6.07 Å². The summed E-state index contributed by atoms with van der Waals surface area (Å²) in [6, 6.07) is 9.52. The fourth-order valence-electron chi connectivity index (χ4n) is 9.81. The monoisotopic (exact) mass is 934 g/mol. The Bertz CT molecular complexity index is 3010. The van der Waals surface area contributed by atoms with E-state index in [4.69, 9.17) is 9.47 Å². The SMILES string of the molecule is CCN(C)S(=O)(=O)Nc1ccc(F)c(Oc2ccc3ncn([C@H]4COC5(CCC(N6CCC(c7cc8c(cc7F)c(N7CCC(=O)NC7=O)nn8C)C(F)(F)C6)CC5)C4)c(=O)c3c2)c1C#N. The lowest BCUT2D eigenvalue weighted by Crippen LogP contribution is -2.53. The molecule has 3 saturated heterocycles. The number of benzene rings is 3. The average molecular weight is 935 g/mol. The molecule has 17 nitrogen and oxygen atoms in total. The molecule has 66 heavy (non-hydrogen) atoms. The zero-order valence-corrected chi connectivity index (χ0v) is 37.0. The van der Waals surface area contributed by atoms with E-state index < -0.39 is 80.7 Å². The molecule has 4 fully saturated rings. The number of piperidine rings is 1. The minimum absolute atomic E-state index is 0.00548. The minimum Gasteiger partial charge on any atom is -0.453 e. The van der Waals surface area contributed by atoms with Gasteiger partial charge in [0.15, 0.2) is 17.4 Å². The predicted molar refractivity (Wildman–Crippen MR) is 233 cm³/mol. The molecular weight excluding hydrogens is 889 g/mol. The lowest BCUT2D eigenvalue weighted by molar-refractivity contribution is -0.120. The molecule has 5 aromatic rings. The van der Waals surface area contributed by atoms with E-state index in [1.165, 1.54) is 51.8 Å². The van der Waals surface area contributed by atoms with E-state index in [-0.39, 0.29) is 72.2 Å². The first-order chi connectivity index (χ1) is 31.4. The third-order valence-electron chi connectivity index (χ3n) is 13.5. The molecule has 1 unspecified atom stereocenters. The number of hydrogen-bond acceptors (Lipinski definition) is 11. The molecule has 0 bridgehead atoms. The summed E-state index contributed by atoms with van der Waals surface area (Å²) in [5, 5.41) is 16.9.